The summed E-state index contributed by atoms with van der Waals surface area (Å²) in [5.41, 5.74) is 3.07. The van der Waals surface area contributed by atoms with Gasteiger partial charge in [0, 0.05) is 0 Å². The van der Waals surface area contributed by atoms with E-state index in [9.17, 15) is 4.79 Å². The Labute approximate surface area is 101 Å². The molecular weight excluding hydrogens is 214 g/mol. The number of carbonyl (C=O) groups is 1. The fraction of sp³-hybridized carbons (Fsp3) is 0.286. The van der Waals surface area contributed by atoms with Crippen molar-refractivity contribution in [2.45, 2.75) is 20.8 Å². The van der Waals surface area contributed by atoms with E-state index in [0.717, 1.165) is 16.7 Å². The van der Waals surface area contributed by atoms with Crippen LogP contribution in [0.15, 0.2) is 23.8 Å². The lowest BCUT2D eigenvalue weighted by Crippen LogP contribution is -2.06. The van der Waals surface area contributed by atoms with Crippen LogP contribution in [0.3, 0.4) is 0 Å². The van der Waals surface area contributed by atoms with Gasteiger partial charge in [0.2, 0.25) is 0 Å². The van der Waals surface area contributed by atoms with Crippen molar-refractivity contribution in [2.24, 2.45) is 0 Å². The molecule has 0 spiro atoms. The van der Waals surface area contributed by atoms with Gasteiger partial charge >= 0.3 is 5.97 Å². The Balaban J connectivity index is 3.07. The first kappa shape index (κ1) is 13.0. The minimum absolute atomic E-state index is 0.0267. The van der Waals surface area contributed by atoms with E-state index in [1.54, 1.807) is 13.0 Å². The molecule has 0 atom stereocenters. The van der Waals surface area contributed by atoms with E-state index >= 15 is 0 Å². The van der Waals surface area contributed by atoms with E-state index in [2.05, 4.69) is 0 Å². The summed E-state index contributed by atoms with van der Waals surface area (Å²) in [6.07, 6.45) is 1.56. The number of benzene rings is 1. The smallest absolute Gasteiger partial charge is 0.348 e. The third-order valence-electron chi connectivity index (χ3n) is 2.34. The lowest BCUT2D eigenvalue weighted by atomic mass is 10.0. The molecule has 88 valence electrons. The molecule has 0 fully saturated rings. The second kappa shape index (κ2) is 5.86. The highest BCUT2D eigenvalue weighted by atomic mass is 16.5. The lowest BCUT2D eigenvalue weighted by molar-refractivity contribution is -0.137. The number of aryl methyl sites for hydroxylation is 2. The number of nitriles is 1. The van der Waals surface area contributed by atoms with E-state index in [4.69, 9.17) is 10.00 Å². The number of carbonyl (C=O) groups excluding carboxylic acids is 1. The molecule has 0 aliphatic rings. The predicted molar refractivity (Wildman–Crippen MR) is 66.1 cm³/mol. The molecular formula is C14H15NO2. The van der Waals surface area contributed by atoms with Crippen LogP contribution in [0.5, 0.6) is 0 Å². The number of esters is 1. The van der Waals surface area contributed by atoms with Gasteiger partial charge < -0.3 is 4.74 Å². The Kier molecular flexibility index (Phi) is 4.47. The van der Waals surface area contributed by atoms with Gasteiger partial charge in [0.1, 0.15) is 11.6 Å². The Morgan fingerprint density at radius 2 is 2.18 bits per heavy atom. The average molecular weight is 229 g/mol. The zero-order chi connectivity index (χ0) is 12.8. The van der Waals surface area contributed by atoms with Crippen LogP contribution < -0.4 is 0 Å². The molecule has 1 aromatic carbocycles. The van der Waals surface area contributed by atoms with Gasteiger partial charge in [-0.15, -0.1) is 0 Å². The minimum atomic E-state index is -0.574. The van der Waals surface area contributed by atoms with Crippen LogP contribution in [0.25, 0.3) is 6.08 Å². The van der Waals surface area contributed by atoms with Crippen molar-refractivity contribution < 1.29 is 9.53 Å². The zero-order valence-corrected chi connectivity index (χ0v) is 10.3. The fourth-order valence-electron chi connectivity index (χ4n) is 1.49. The summed E-state index contributed by atoms with van der Waals surface area (Å²) in [5, 5.41) is 8.91. The Morgan fingerprint density at radius 1 is 1.47 bits per heavy atom. The first-order valence-corrected chi connectivity index (χ1v) is 5.44. The maximum Gasteiger partial charge on any atom is 0.348 e. The standard InChI is InChI=1S/C14H15NO2/c1-4-17-14(16)13(9-15)8-12-6-5-10(2)7-11(12)3/h5-8H,4H2,1-3H3. The predicted octanol–water partition coefficient (Wildman–Crippen LogP) is 2.77. The topological polar surface area (TPSA) is 50.1 Å². The van der Waals surface area contributed by atoms with Gasteiger partial charge in [-0.1, -0.05) is 23.8 Å². The molecule has 0 N–H and O–H groups in total. The number of ether oxygens (including phenoxy) is 1. The second-order valence-corrected chi connectivity index (χ2v) is 3.75. The number of hydrogen-bond donors (Lipinski definition) is 0. The molecule has 0 radical (unpaired) electrons. The quantitative estimate of drug-likeness (QED) is 0.455. The molecule has 0 aliphatic carbocycles. The summed E-state index contributed by atoms with van der Waals surface area (Å²) in [6.45, 7) is 5.92. The van der Waals surface area contributed by atoms with Crippen molar-refractivity contribution in [3.63, 3.8) is 0 Å². The first-order valence-electron chi connectivity index (χ1n) is 5.44. The summed E-state index contributed by atoms with van der Waals surface area (Å²) in [5.74, 6) is -0.574. The van der Waals surface area contributed by atoms with Crippen molar-refractivity contribution >= 4 is 12.0 Å². The molecule has 0 saturated carbocycles. The summed E-state index contributed by atoms with van der Waals surface area (Å²) in [4.78, 5) is 11.4. The molecule has 3 nitrogen and oxygen atoms in total. The van der Waals surface area contributed by atoms with Crippen LogP contribution in [0.2, 0.25) is 0 Å². The van der Waals surface area contributed by atoms with Crippen LogP contribution in [-0.2, 0) is 9.53 Å². The van der Waals surface area contributed by atoms with Gasteiger partial charge in [-0.3, -0.25) is 0 Å². The minimum Gasteiger partial charge on any atom is -0.462 e. The van der Waals surface area contributed by atoms with Gasteiger partial charge in [0.25, 0.3) is 0 Å². The van der Waals surface area contributed by atoms with Crippen molar-refractivity contribution in [1.29, 1.82) is 5.26 Å². The molecule has 0 heterocycles. The lowest BCUT2D eigenvalue weighted by Gasteiger charge is -2.03. The summed E-state index contributed by atoms with van der Waals surface area (Å²) in [6, 6.07) is 7.70. The SMILES string of the molecule is CCOC(=O)C(C#N)=Cc1ccc(C)cc1C. The normalized spacial score (nSPS) is 10.8. The molecule has 0 unspecified atom stereocenters. The van der Waals surface area contributed by atoms with Crippen LogP contribution >= 0.6 is 0 Å². The molecule has 3 heteroatoms. The molecule has 0 amide bonds. The monoisotopic (exact) mass is 229 g/mol. The highest BCUT2D eigenvalue weighted by Gasteiger charge is 2.10. The fourth-order valence-corrected chi connectivity index (χ4v) is 1.49. The van der Waals surface area contributed by atoms with E-state index < -0.39 is 5.97 Å². The van der Waals surface area contributed by atoms with E-state index in [1.165, 1.54) is 0 Å². The molecule has 0 aromatic heterocycles. The Bertz CT molecular complexity index is 495. The van der Waals surface area contributed by atoms with Gasteiger partial charge in [0.05, 0.1) is 6.61 Å². The van der Waals surface area contributed by atoms with Gasteiger partial charge in [-0.25, -0.2) is 4.79 Å². The van der Waals surface area contributed by atoms with Gasteiger partial charge in [-0.05, 0) is 38.0 Å². The molecule has 0 aliphatic heterocycles. The average Bonchev–Trinajstić information content (AvgIpc) is 2.28. The Morgan fingerprint density at radius 3 is 2.71 bits per heavy atom. The second-order valence-electron chi connectivity index (χ2n) is 3.75. The summed E-state index contributed by atoms with van der Waals surface area (Å²) in [7, 11) is 0. The Hall–Kier alpha value is -2.08. The highest BCUT2D eigenvalue weighted by Crippen LogP contribution is 2.14. The third kappa shape index (κ3) is 3.46. The van der Waals surface area contributed by atoms with Crippen molar-refractivity contribution in [3.8, 4) is 6.07 Å². The molecule has 17 heavy (non-hydrogen) atoms. The molecule has 0 saturated heterocycles. The van der Waals surface area contributed by atoms with Crippen molar-refractivity contribution in [2.75, 3.05) is 6.61 Å². The summed E-state index contributed by atoms with van der Waals surface area (Å²) < 4.78 is 4.80. The molecule has 1 aromatic rings. The van der Waals surface area contributed by atoms with Crippen LogP contribution in [0.4, 0.5) is 0 Å². The number of hydrogen-bond acceptors (Lipinski definition) is 3. The van der Waals surface area contributed by atoms with Crippen LogP contribution in [0, 0.1) is 25.2 Å². The number of nitrogens with zero attached hydrogens (tertiary/aromatic N) is 1. The third-order valence-corrected chi connectivity index (χ3v) is 2.34. The van der Waals surface area contributed by atoms with E-state index in [1.807, 2.05) is 38.1 Å². The maximum absolute atomic E-state index is 11.4. The van der Waals surface area contributed by atoms with Crippen LogP contribution in [-0.4, -0.2) is 12.6 Å². The van der Waals surface area contributed by atoms with Crippen molar-refractivity contribution in [1.82, 2.24) is 0 Å². The van der Waals surface area contributed by atoms with Crippen LogP contribution in [0.1, 0.15) is 23.6 Å². The molecule has 0 bridgehead atoms. The molecule has 1 rings (SSSR count). The zero-order valence-electron chi connectivity index (χ0n) is 10.3. The summed E-state index contributed by atoms with van der Waals surface area (Å²) >= 11 is 0. The van der Waals surface area contributed by atoms with Gasteiger partial charge in [0.15, 0.2) is 0 Å². The van der Waals surface area contributed by atoms with E-state index in [-0.39, 0.29) is 12.2 Å². The van der Waals surface area contributed by atoms with Gasteiger partial charge in [-0.2, -0.15) is 5.26 Å². The highest BCUT2D eigenvalue weighted by molar-refractivity contribution is 5.98. The van der Waals surface area contributed by atoms with E-state index in [0.29, 0.717) is 0 Å². The number of rotatable bonds is 3. The largest absolute Gasteiger partial charge is 0.462 e. The first-order chi connectivity index (χ1) is 8.08. The maximum atomic E-state index is 11.4. The van der Waals surface area contributed by atoms with Crippen molar-refractivity contribution in [3.05, 3.63) is 40.5 Å².